The Bertz CT molecular complexity index is 1280. The molecule has 6 nitrogen and oxygen atoms in total. The molecule has 3 aliphatic rings. The summed E-state index contributed by atoms with van der Waals surface area (Å²) in [6.45, 7) is 8.78. The van der Waals surface area contributed by atoms with Crippen molar-refractivity contribution in [1.82, 2.24) is 4.31 Å². The summed E-state index contributed by atoms with van der Waals surface area (Å²) in [7, 11) is -5.94. The van der Waals surface area contributed by atoms with Crippen molar-refractivity contribution in [2.45, 2.75) is 94.3 Å². The Labute approximate surface area is 231 Å². The van der Waals surface area contributed by atoms with Crippen molar-refractivity contribution in [1.29, 1.82) is 0 Å². The predicted octanol–water partition coefficient (Wildman–Crippen LogP) is 6.38. The first-order valence-electron chi connectivity index (χ1n) is 13.9. The van der Waals surface area contributed by atoms with Gasteiger partial charge in [0, 0.05) is 36.6 Å². The monoisotopic (exact) mass is 579 g/mol. The number of sulfonamides is 1. The molecule has 2 atom stereocenters. The molecule has 1 saturated carbocycles. The largest absolute Gasteiger partial charge is 0.408 e. The number of halogens is 2. The van der Waals surface area contributed by atoms with Crippen LogP contribution in [0.2, 0.25) is 19.6 Å². The molecule has 3 fully saturated rings. The number of nitrogens with zero attached hydrogens (tertiary/aromatic N) is 1. The van der Waals surface area contributed by atoms with Crippen LogP contribution in [0.15, 0.2) is 42.5 Å². The maximum atomic E-state index is 15.9. The molecule has 39 heavy (non-hydrogen) atoms. The van der Waals surface area contributed by atoms with Gasteiger partial charge in [0.05, 0.1) is 18.8 Å². The van der Waals surface area contributed by atoms with Gasteiger partial charge in [0.15, 0.2) is 14.1 Å². The molecule has 0 amide bonds. The Morgan fingerprint density at radius 2 is 1.62 bits per heavy atom. The Morgan fingerprint density at radius 1 is 0.974 bits per heavy atom. The van der Waals surface area contributed by atoms with E-state index in [2.05, 4.69) is 0 Å². The highest BCUT2D eigenvalue weighted by Gasteiger charge is 2.50. The van der Waals surface area contributed by atoms with E-state index in [0.29, 0.717) is 57.3 Å². The number of ether oxygens (including phenoxy) is 2. The van der Waals surface area contributed by atoms with Crippen molar-refractivity contribution in [3.63, 3.8) is 0 Å². The molecule has 2 saturated heterocycles. The zero-order valence-electron chi connectivity index (χ0n) is 23.2. The van der Waals surface area contributed by atoms with E-state index in [1.54, 1.807) is 12.1 Å². The molecule has 2 heterocycles. The van der Waals surface area contributed by atoms with Crippen LogP contribution in [-0.2, 0) is 36.1 Å². The van der Waals surface area contributed by atoms with Crippen LogP contribution in [-0.4, -0.2) is 46.1 Å². The predicted molar refractivity (Wildman–Crippen MR) is 148 cm³/mol. The van der Waals surface area contributed by atoms with Crippen LogP contribution in [0.3, 0.4) is 0 Å². The molecule has 0 unspecified atom stereocenters. The van der Waals surface area contributed by atoms with Gasteiger partial charge in [-0.05, 0) is 69.9 Å². The van der Waals surface area contributed by atoms with Gasteiger partial charge in [-0.25, -0.2) is 17.2 Å². The van der Waals surface area contributed by atoms with Crippen LogP contribution in [0.1, 0.15) is 67.4 Å². The van der Waals surface area contributed by atoms with E-state index >= 15 is 8.78 Å². The summed E-state index contributed by atoms with van der Waals surface area (Å²) in [6.07, 6.45) is 3.09. The van der Waals surface area contributed by atoms with Gasteiger partial charge in [-0.15, -0.1) is 0 Å². The molecule has 0 aromatic heterocycles. The first kappa shape index (κ1) is 28.8. The standard InChI is InChI=1S/C29H39F2NO5SSi/c1-21-10-11-27(22-8-6-5-7-9-22)38(33,34)32(21)20-23-18-26(31)24(19-25(23)30)28(37-39(2,3)4)12-14-29(15-13-28)35-16-17-36-29/h5-9,18-19,21,27H,10-17,20H2,1-4H3/t21-,27+/m0/s1. The van der Waals surface area contributed by atoms with E-state index in [-0.39, 0.29) is 23.7 Å². The molecule has 1 aliphatic carbocycles. The van der Waals surface area contributed by atoms with E-state index in [1.807, 2.05) is 44.8 Å². The molecule has 2 aromatic rings. The zero-order chi connectivity index (χ0) is 28.1. The highest BCUT2D eigenvalue weighted by molar-refractivity contribution is 7.89. The summed E-state index contributed by atoms with van der Waals surface area (Å²) < 4.78 is 78.6. The van der Waals surface area contributed by atoms with Crippen LogP contribution in [0.25, 0.3) is 0 Å². The molecule has 1 spiro atoms. The summed E-state index contributed by atoms with van der Waals surface area (Å²) >= 11 is 0. The van der Waals surface area contributed by atoms with Gasteiger partial charge in [0.2, 0.25) is 10.0 Å². The molecular formula is C29H39F2NO5SSi. The van der Waals surface area contributed by atoms with Gasteiger partial charge >= 0.3 is 0 Å². The SMILES string of the molecule is C[C@H]1CC[C@H](c2ccccc2)S(=O)(=O)N1Cc1cc(F)c(C2(O[Si](C)(C)C)CCC3(CC2)OCCO3)cc1F. The third kappa shape index (κ3) is 5.74. The number of hydrogen-bond acceptors (Lipinski definition) is 5. The lowest BCUT2D eigenvalue weighted by Gasteiger charge is -2.47. The number of hydrogen-bond donors (Lipinski definition) is 0. The highest BCUT2D eigenvalue weighted by atomic mass is 32.2. The first-order chi connectivity index (χ1) is 18.3. The Morgan fingerprint density at radius 3 is 2.23 bits per heavy atom. The molecule has 0 bridgehead atoms. The Hall–Kier alpha value is -1.69. The summed E-state index contributed by atoms with van der Waals surface area (Å²) in [5.41, 5.74) is -0.0571. The van der Waals surface area contributed by atoms with Crippen molar-refractivity contribution >= 4 is 18.3 Å². The van der Waals surface area contributed by atoms with Gasteiger partial charge in [0.25, 0.3) is 0 Å². The second kappa shape index (κ2) is 10.6. The van der Waals surface area contributed by atoms with E-state index < -0.39 is 46.6 Å². The van der Waals surface area contributed by atoms with Gasteiger partial charge in [-0.3, -0.25) is 0 Å². The third-order valence-electron chi connectivity index (χ3n) is 8.28. The van der Waals surface area contributed by atoms with Crippen molar-refractivity contribution in [3.8, 4) is 0 Å². The first-order valence-corrected chi connectivity index (χ1v) is 18.8. The van der Waals surface area contributed by atoms with Gasteiger partial charge in [0.1, 0.15) is 16.9 Å². The number of rotatable bonds is 6. The molecule has 0 N–H and O–H groups in total. The average Bonchev–Trinajstić information content (AvgIpc) is 3.33. The van der Waals surface area contributed by atoms with E-state index in [4.69, 9.17) is 13.9 Å². The highest BCUT2D eigenvalue weighted by Crippen LogP contribution is 2.49. The zero-order valence-corrected chi connectivity index (χ0v) is 25.0. The van der Waals surface area contributed by atoms with Crippen molar-refractivity contribution in [3.05, 3.63) is 70.8 Å². The summed E-state index contributed by atoms with van der Waals surface area (Å²) in [5, 5.41) is -0.704. The average molecular weight is 580 g/mol. The fourth-order valence-corrected chi connectivity index (χ4v) is 10.1. The Balaban J connectivity index is 1.45. The van der Waals surface area contributed by atoms with Crippen LogP contribution in [0.5, 0.6) is 0 Å². The minimum Gasteiger partial charge on any atom is -0.408 e. The molecule has 10 heteroatoms. The van der Waals surface area contributed by atoms with Crippen LogP contribution >= 0.6 is 0 Å². The van der Waals surface area contributed by atoms with Crippen molar-refractivity contribution in [2.24, 2.45) is 0 Å². The van der Waals surface area contributed by atoms with E-state index in [9.17, 15) is 8.42 Å². The lowest BCUT2D eigenvalue weighted by Crippen LogP contribution is -2.48. The Kier molecular flexibility index (Phi) is 7.84. The molecule has 214 valence electrons. The summed E-state index contributed by atoms with van der Waals surface area (Å²) in [4.78, 5) is 0. The molecule has 0 radical (unpaired) electrons. The lowest BCUT2D eigenvalue weighted by molar-refractivity contribution is -0.201. The minimum atomic E-state index is -3.78. The topological polar surface area (TPSA) is 65.1 Å². The van der Waals surface area contributed by atoms with Crippen molar-refractivity contribution in [2.75, 3.05) is 13.2 Å². The smallest absolute Gasteiger partial charge is 0.221 e. The second-order valence-electron chi connectivity index (χ2n) is 12.2. The van der Waals surface area contributed by atoms with Gasteiger partial charge < -0.3 is 13.9 Å². The molecule has 5 rings (SSSR count). The minimum absolute atomic E-state index is 0.0262. The molecule has 2 aliphatic heterocycles. The second-order valence-corrected chi connectivity index (χ2v) is 18.7. The maximum absolute atomic E-state index is 15.9. The van der Waals surface area contributed by atoms with Crippen LogP contribution in [0.4, 0.5) is 8.78 Å². The normalized spacial score (nSPS) is 26.6. The summed E-state index contributed by atoms with van der Waals surface area (Å²) in [5.74, 6) is -1.87. The maximum Gasteiger partial charge on any atom is 0.221 e. The van der Waals surface area contributed by atoms with E-state index in [1.165, 1.54) is 16.4 Å². The van der Waals surface area contributed by atoms with Gasteiger partial charge in [-0.2, -0.15) is 4.31 Å². The molecule has 2 aromatic carbocycles. The quantitative estimate of drug-likeness (QED) is 0.372. The third-order valence-corrected chi connectivity index (χ3v) is 11.7. The van der Waals surface area contributed by atoms with Gasteiger partial charge in [-0.1, -0.05) is 30.3 Å². The fourth-order valence-electron chi connectivity index (χ4n) is 6.41. The van der Waals surface area contributed by atoms with Crippen molar-refractivity contribution < 1.29 is 31.1 Å². The summed E-state index contributed by atoms with van der Waals surface area (Å²) in [6, 6.07) is 11.2. The van der Waals surface area contributed by atoms with Crippen LogP contribution < -0.4 is 0 Å². The number of benzene rings is 2. The van der Waals surface area contributed by atoms with Crippen LogP contribution in [0, 0.1) is 11.6 Å². The lowest BCUT2D eigenvalue weighted by atomic mass is 9.76. The fraction of sp³-hybridized carbons (Fsp3) is 0.586. The van der Waals surface area contributed by atoms with E-state index in [0.717, 1.165) is 0 Å². The molecular weight excluding hydrogens is 540 g/mol.